The summed E-state index contributed by atoms with van der Waals surface area (Å²) in [6.45, 7) is 1.78. The van der Waals surface area contributed by atoms with Gasteiger partial charge in [-0.1, -0.05) is 0 Å². The van der Waals surface area contributed by atoms with E-state index in [1.807, 2.05) is 0 Å². The summed E-state index contributed by atoms with van der Waals surface area (Å²) in [7, 11) is 0. The second-order valence-electron chi connectivity index (χ2n) is 4.28. The Balaban J connectivity index is 2.00. The Hall–Kier alpha value is 0.540. The first-order chi connectivity index (χ1) is 8.20. The Kier molecular flexibility index (Phi) is 5.45. The number of hydrogen-bond donors (Lipinski definition) is 2. The highest BCUT2D eigenvalue weighted by Gasteiger charge is 2.21. The summed E-state index contributed by atoms with van der Waals surface area (Å²) in [6, 6.07) is 2.38. The molecule has 0 amide bonds. The summed E-state index contributed by atoms with van der Waals surface area (Å²) in [5, 5.41) is 0. The zero-order valence-corrected chi connectivity index (χ0v) is 13.4. The minimum Gasteiger partial charge on any atom is -0.381 e. The average molecular weight is 384 g/mol. The first kappa shape index (κ1) is 14.0. The normalized spacial score (nSPS) is 19.5. The van der Waals surface area contributed by atoms with Crippen LogP contribution in [0.25, 0.3) is 0 Å². The van der Waals surface area contributed by atoms with Crippen LogP contribution in [0.3, 0.4) is 0 Å². The lowest BCUT2D eigenvalue weighted by Crippen LogP contribution is -2.30. The highest BCUT2D eigenvalue weighted by molar-refractivity contribution is 9.13. The summed E-state index contributed by atoms with van der Waals surface area (Å²) < 4.78 is 7.61. The standard InChI is InChI=1S/C11H16Br2N2OS/c12-8-6-10(17-11(8)13)9(15-14)5-7-1-3-16-4-2-7/h6-7,9,15H,1-5,14H2. The Morgan fingerprint density at radius 1 is 1.47 bits per heavy atom. The monoisotopic (exact) mass is 382 g/mol. The van der Waals surface area contributed by atoms with Crippen LogP contribution in [0, 0.1) is 5.92 Å². The molecule has 3 N–H and O–H groups in total. The predicted octanol–water partition coefficient (Wildman–Crippen LogP) is 3.59. The van der Waals surface area contributed by atoms with Gasteiger partial charge in [0.1, 0.15) is 0 Å². The summed E-state index contributed by atoms with van der Waals surface area (Å²) in [5.74, 6) is 6.39. The third kappa shape index (κ3) is 3.75. The molecule has 1 saturated heterocycles. The van der Waals surface area contributed by atoms with Crippen molar-refractivity contribution < 1.29 is 4.74 Å². The fraction of sp³-hybridized carbons (Fsp3) is 0.636. The lowest BCUT2D eigenvalue weighted by molar-refractivity contribution is 0.0606. The maximum Gasteiger partial charge on any atom is 0.0843 e. The number of nitrogens with two attached hydrogens (primary N) is 1. The molecule has 0 bridgehead atoms. The minimum absolute atomic E-state index is 0.241. The quantitative estimate of drug-likeness (QED) is 0.616. The summed E-state index contributed by atoms with van der Waals surface area (Å²) >= 11 is 8.77. The van der Waals surface area contributed by atoms with Crippen molar-refractivity contribution in [1.82, 2.24) is 5.43 Å². The van der Waals surface area contributed by atoms with E-state index >= 15 is 0 Å². The predicted molar refractivity (Wildman–Crippen MR) is 77.9 cm³/mol. The Morgan fingerprint density at radius 3 is 2.71 bits per heavy atom. The van der Waals surface area contributed by atoms with Crippen LogP contribution in [-0.4, -0.2) is 13.2 Å². The zero-order chi connectivity index (χ0) is 12.3. The number of ether oxygens (including phenoxy) is 1. The molecule has 3 nitrogen and oxygen atoms in total. The fourth-order valence-electron chi connectivity index (χ4n) is 2.12. The van der Waals surface area contributed by atoms with Crippen molar-refractivity contribution in [3.8, 4) is 0 Å². The van der Waals surface area contributed by atoms with Crippen LogP contribution in [0.4, 0.5) is 0 Å². The van der Waals surface area contributed by atoms with Crippen LogP contribution in [-0.2, 0) is 4.74 Å². The van der Waals surface area contributed by atoms with E-state index in [2.05, 4.69) is 43.4 Å². The van der Waals surface area contributed by atoms with Crippen molar-refractivity contribution in [2.75, 3.05) is 13.2 Å². The van der Waals surface area contributed by atoms with E-state index in [9.17, 15) is 0 Å². The number of hydrazine groups is 1. The van der Waals surface area contributed by atoms with Gasteiger partial charge in [-0.3, -0.25) is 11.3 Å². The molecule has 1 unspecified atom stereocenters. The molecule has 96 valence electrons. The Morgan fingerprint density at radius 2 is 2.18 bits per heavy atom. The van der Waals surface area contributed by atoms with E-state index in [0.29, 0.717) is 5.92 Å². The maximum atomic E-state index is 5.68. The van der Waals surface area contributed by atoms with E-state index in [1.165, 1.54) is 4.88 Å². The lowest BCUT2D eigenvalue weighted by Gasteiger charge is -2.25. The molecule has 1 aromatic heterocycles. The van der Waals surface area contributed by atoms with E-state index in [0.717, 1.165) is 40.7 Å². The van der Waals surface area contributed by atoms with Gasteiger partial charge < -0.3 is 4.74 Å². The molecular formula is C11H16Br2N2OS. The van der Waals surface area contributed by atoms with E-state index in [1.54, 1.807) is 11.3 Å². The zero-order valence-electron chi connectivity index (χ0n) is 9.42. The Bertz CT molecular complexity index is 347. The largest absolute Gasteiger partial charge is 0.381 e. The Labute approximate surface area is 122 Å². The SMILES string of the molecule is NNC(CC1CCOCC1)c1cc(Br)c(Br)s1. The fourth-order valence-corrected chi connectivity index (χ4v) is 4.28. The number of nitrogens with one attached hydrogen (secondary N) is 1. The molecule has 0 saturated carbocycles. The number of halogens is 2. The topological polar surface area (TPSA) is 47.3 Å². The van der Waals surface area contributed by atoms with Gasteiger partial charge in [0.15, 0.2) is 0 Å². The minimum atomic E-state index is 0.241. The number of rotatable bonds is 4. The van der Waals surface area contributed by atoms with Crippen LogP contribution in [0.1, 0.15) is 30.2 Å². The molecule has 0 spiro atoms. The van der Waals surface area contributed by atoms with Crippen LogP contribution in [0.2, 0.25) is 0 Å². The van der Waals surface area contributed by atoms with Crippen molar-refractivity contribution in [3.05, 3.63) is 19.2 Å². The van der Waals surface area contributed by atoms with Gasteiger partial charge in [-0.15, -0.1) is 11.3 Å². The highest BCUT2D eigenvalue weighted by atomic mass is 79.9. The van der Waals surface area contributed by atoms with Gasteiger partial charge in [-0.25, -0.2) is 0 Å². The average Bonchev–Trinajstić information content (AvgIpc) is 2.68. The first-order valence-electron chi connectivity index (χ1n) is 5.69. The molecular weight excluding hydrogens is 368 g/mol. The third-order valence-electron chi connectivity index (χ3n) is 3.12. The maximum absolute atomic E-state index is 5.68. The molecule has 2 rings (SSSR count). The lowest BCUT2D eigenvalue weighted by atomic mass is 9.92. The van der Waals surface area contributed by atoms with Crippen LogP contribution >= 0.6 is 43.2 Å². The molecule has 17 heavy (non-hydrogen) atoms. The van der Waals surface area contributed by atoms with Gasteiger partial charge in [0.05, 0.1) is 9.83 Å². The van der Waals surface area contributed by atoms with Gasteiger partial charge in [0.25, 0.3) is 0 Å². The van der Waals surface area contributed by atoms with Crippen molar-refractivity contribution in [2.45, 2.75) is 25.3 Å². The van der Waals surface area contributed by atoms with Crippen LogP contribution in [0.15, 0.2) is 14.3 Å². The molecule has 1 atom stereocenters. The molecule has 0 aliphatic carbocycles. The second-order valence-corrected chi connectivity index (χ2v) is 7.54. The summed E-state index contributed by atoms with van der Waals surface area (Å²) in [6.07, 6.45) is 3.37. The third-order valence-corrected chi connectivity index (χ3v) is 6.49. The summed E-state index contributed by atoms with van der Waals surface area (Å²) in [5.41, 5.74) is 2.93. The first-order valence-corrected chi connectivity index (χ1v) is 8.09. The van der Waals surface area contributed by atoms with Gasteiger partial charge >= 0.3 is 0 Å². The van der Waals surface area contributed by atoms with Crippen molar-refractivity contribution in [2.24, 2.45) is 11.8 Å². The molecule has 6 heteroatoms. The molecule has 1 aliphatic rings. The van der Waals surface area contributed by atoms with Crippen molar-refractivity contribution in [3.63, 3.8) is 0 Å². The number of hydrogen-bond acceptors (Lipinski definition) is 4. The van der Waals surface area contributed by atoms with Crippen molar-refractivity contribution >= 4 is 43.2 Å². The highest BCUT2D eigenvalue weighted by Crippen LogP contribution is 2.38. The van der Waals surface area contributed by atoms with E-state index in [-0.39, 0.29) is 6.04 Å². The van der Waals surface area contributed by atoms with E-state index < -0.39 is 0 Å². The molecule has 2 heterocycles. The van der Waals surface area contributed by atoms with E-state index in [4.69, 9.17) is 10.6 Å². The van der Waals surface area contributed by atoms with Gasteiger partial charge in [-0.2, -0.15) is 0 Å². The molecule has 0 aromatic carbocycles. The van der Waals surface area contributed by atoms with Gasteiger partial charge in [-0.05, 0) is 63.1 Å². The van der Waals surface area contributed by atoms with Crippen LogP contribution in [0.5, 0.6) is 0 Å². The second kappa shape index (κ2) is 6.63. The van der Waals surface area contributed by atoms with Crippen molar-refractivity contribution in [1.29, 1.82) is 0 Å². The molecule has 1 aromatic rings. The smallest absolute Gasteiger partial charge is 0.0843 e. The van der Waals surface area contributed by atoms with Gasteiger partial charge in [0.2, 0.25) is 0 Å². The molecule has 0 radical (unpaired) electrons. The number of thiophene rings is 1. The van der Waals surface area contributed by atoms with Crippen LogP contribution < -0.4 is 11.3 Å². The van der Waals surface area contributed by atoms with Gasteiger partial charge in [0, 0.05) is 22.6 Å². The molecule has 1 aliphatic heterocycles. The molecule has 1 fully saturated rings. The summed E-state index contributed by atoms with van der Waals surface area (Å²) in [4.78, 5) is 1.28.